The van der Waals surface area contributed by atoms with Crippen LogP contribution >= 0.6 is 0 Å². The Labute approximate surface area is 117 Å². The zero-order valence-corrected chi connectivity index (χ0v) is 11.7. The van der Waals surface area contributed by atoms with E-state index in [-0.39, 0.29) is 12.1 Å². The summed E-state index contributed by atoms with van der Waals surface area (Å²) in [6.45, 7) is 5.64. The van der Waals surface area contributed by atoms with Crippen molar-refractivity contribution in [3.8, 4) is 6.07 Å². The summed E-state index contributed by atoms with van der Waals surface area (Å²) >= 11 is 0. The number of carbonyl (C=O) groups is 1. The van der Waals surface area contributed by atoms with Crippen molar-refractivity contribution in [3.63, 3.8) is 0 Å². The highest BCUT2D eigenvalue weighted by atomic mass is 16.6. The first-order chi connectivity index (χ1) is 9.31. The monoisotopic (exact) mass is 275 g/mol. The number of aromatic nitrogens is 1. The standard InChI is InChI=1S/C14H17N3O3/c1-14(2,3)20-13(19)16-6-4-5-10-7-11(8-15)12(18)17-9-10/h4-5,7,9H,6H2,1-3H3,(H,16,19)(H,17,18). The number of hydrogen-bond donors (Lipinski definition) is 2. The lowest BCUT2D eigenvalue weighted by Gasteiger charge is -2.19. The third-order valence-electron chi connectivity index (χ3n) is 2.12. The number of carbonyl (C=O) groups excluding carboxylic acids is 1. The predicted molar refractivity (Wildman–Crippen MR) is 75.0 cm³/mol. The molecule has 6 nitrogen and oxygen atoms in total. The molecule has 0 fully saturated rings. The first kappa shape index (κ1) is 15.5. The van der Waals surface area contributed by atoms with Gasteiger partial charge in [-0.1, -0.05) is 12.2 Å². The number of nitriles is 1. The van der Waals surface area contributed by atoms with Crippen molar-refractivity contribution in [1.29, 1.82) is 5.26 Å². The Bertz CT molecular complexity index is 603. The van der Waals surface area contributed by atoms with Gasteiger partial charge in [-0.25, -0.2) is 4.79 Å². The predicted octanol–water partition coefficient (Wildman–Crippen LogP) is 1.78. The number of aromatic amines is 1. The topological polar surface area (TPSA) is 95.0 Å². The van der Waals surface area contributed by atoms with Crippen LogP contribution in [0.1, 0.15) is 31.9 Å². The number of rotatable bonds is 3. The quantitative estimate of drug-likeness (QED) is 0.879. The fourth-order valence-corrected chi connectivity index (χ4v) is 1.33. The maximum absolute atomic E-state index is 11.4. The summed E-state index contributed by atoms with van der Waals surface area (Å²) in [6.07, 6.45) is 4.38. The number of H-pyrrole nitrogens is 1. The molecule has 1 amide bonds. The van der Waals surface area contributed by atoms with Crippen molar-refractivity contribution in [2.24, 2.45) is 0 Å². The average molecular weight is 275 g/mol. The van der Waals surface area contributed by atoms with E-state index >= 15 is 0 Å². The van der Waals surface area contributed by atoms with Crippen molar-refractivity contribution in [1.82, 2.24) is 10.3 Å². The van der Waals surface area contributed by atoms with E-state index in [4.69, 9.17) is 10.00 Å². The van der Waals surface area contributed by atoms with Crippen LogP contribution < -0.4 is 10.9 Å². The van der Waals surface area contributed by atoms with Gasteiger partial charge in [0.25, 0.3) is 5.56 Å². The Morgan fingerprint density at radius 2 is 2.25 bits per heavy atom. The molecule has 0 saturated carbocycles. The third-order valence-corrected chi connectivity index (χ3v) is 2.12. The highest BCUT2D eigenvalue weighted by Crippen LogP contribution is 2.06. The molecule has 0 spiro atoms. The van der Waals surface area contributed by atoms with Crippen LogP contribution in [0.3, 0.4) is 0 Å². The van der Waals surface area contributed by atoms with Gasteiger partial charge >= 0.3 is 6.09 Å². The number of amides is 1. The SMILES string of the molecule is CC(C)(C)OC(=O)NCC=Cc1c[nH]c(=O)c(C#N)c1. The van der Waals surface area contributed by atoms with E-state index in [1.807, 2.05) is 0 Å². The molecular weight excluding hydrogens is 258 g/mol. The first-order valence-corrected chi connectivity index (χ1v) is 6.08. The van der Waals surface area contributed by atoms with Crippen molar-refractivity contribution in [3.05, 3.63) is 39.8 Å². The summed E-state index contributed by atoms with van der Waals surface area (Å²) in [4.78, 5) is 25.0. The summed E-state index contributed by atoms with van der Waals surface area (Å²) < 4.78 is 5.07. The third kappa shape index (κ3) is 5.40. The maximum atomic E-state index is 11.4. The van der Waals surface area contributed by atoms with Gasteiger partial charge in [0.2, 0.25) is 0 Å². The van der Waals surface area contributed by atoms with Crippen molar-refractivity contribution in [2.45, 2.75) is 26.4 Å². The number of ether oxygens (including phenoxy) is 1. The second kappa shape index (κ2) is 6.57. The van der Waals surface area contributed by atoms with Gasteiger partial charge in [0.15, 0.2) is 0 Å². The summed E-state index contributed by atoms with van der Waals surface area (Å²) in [5.41, 5.74) is -0.232. The summed E-state index contributed by atoms with van der Waals surface area (Å²) in [5, 5.41) is 11.3. The number of alkyl carbamates (subject to hydrolysis) is 1. The fraction of sp³-hybridized carbons (Fsp3) is 0.357. The number of nitrogens with zero attached hydrogens (tertiary/aromatic N) is 1. The number of hydrogen-bond acceptors (Lipinski definition) is 4. The van der Waals surface area contributed by atoms with E-state index in [1.165, 1.54) is 12.3 Å². The van der Waals surface area contributed by atoms with E-state index < -0.39 is 17.3 Å². The van der Waals surface area contributed by atoms with Crippen molar-refractivity contribution < 1.29 is 9.53 Å². The van der Waals surface area contributed by atoms with Gasteiger partial charge < -0.3 is 15.0 Å². The molecule has 0 aliphatic carbocycles. The van der Waals surface area contributed by atoms with Crippen LogP contribution in [0, 0.1) is 11.3 Å². The molecule has 1 aromatic rings. The van der Waals surface area contributed by atoms with Crippen molar-refractivity contribution >= 4 is 12.2 Å². The van der Waals surface area contributed by atoms with Gasteiger partial charge in [-0.3, -0.25) is 4.79 Å². The van der Waals surface area contributed by atoms with Crippen LogP contribution in [-0.2, 0) is 4.74 Å². The van der Waals surface area contributed by atoms with Gasteiger partial charge in [0, 0.05) is 12.7 Å². The van der Waals surface area contributed by atoms with Crippen LogP contribution in [-0.4, -0.2) is 23.2 Å². The molecule has 1 rings (SSSR count). The molecule has 106 valence electrons. The van der Waals surface area contributed by atoms with E-state index in [0.717, 1.165) is 0 Å². The molecule has 20 heavy (non-hydrogen) atoms. The second-order valence-corrected chi connectivity index (χ2v) is 5.07. The maximum Gasteiger partial charge on any atom is 0.407 e. The van der Waals surface area contributed by atoms with Gasteiger partial charge in [-0.05, 0) is 32.4 Å². The molecule has 2 N–H and O–H groups in total. The molecule has 1 aromatic heterocycles. The van der Waals surface area contributed by atoms with Crippen molar-refractivity contribution in [2.75, 3.05) is 6.54 Å². The molecule has 1 heterocycles. The molecule has 0 atom stereocenters. The lowest BCUT2D eigenvalue weighted by molar-refractivity contribution is 0.0534. The molecule has 0 aliphatic rings. The van der Waals surface area contributed by atoms with Gasteiger partial charge in [0.05, 0.1) is 0 Å². The Morgan fingerprint density at radius 1 is 1.55 bits per heavy atom. The van der Waals surface area contributed by atoms with Crippen LogP contribution in [0.2, 0.25) is 0 Å². The van der Waals surface area contributed by atoms with Gasteiger partial charge in [0.1, 0.15) is 17.2 Å². The Hall–Kier alpha value is -2.55. The number of pyridine rings is 1. The minimum atomic E-state index is -0.533. The molecular formula is C14H17N3O3. The lowest BCUT2D eigenvalue weighted by Crippen LogP contribution is -2.32. The zero-order valence-electron chi connectivity index (χ0n) is 11.7. The summed E-state index contributed by atoms with van der Waals surface area (Å²) in [5.74, 6) is 0. The molecule has 0 unspecified atom stereocenters. The Balaban J connectivity index is 2.52. The van der Waals surface area contributed by atoms with Crippen LogP contribution in [0.5, 0.6) is 0 Å². The zero-order chi connectivity index (χ0) is 15.2. The van der Waals surface area contributed by atoms with Gasteiger partial charge in [-0.2, -0.15) is 5.26 Å². The second-order valence-electron chi connectivity index (χ2n) is 5.07. The van der Waals surface area contributed by atoms with Crippen LogP contribution in [0.25, 0.3) is 6.08 Å². The van der Waals surface area contributed by atoms with Gasteiger partial charge in [-0.15, -0.1) is 0 Å². The van der Waals surface area contributed by atoms with Crippen LogP contribution in [0.4, 0.5) is 4.79 Å². The molecule has 0 bridgehead atoms. The smallest absolute Gasteiger partial charge is 0.407 e. The fourth-order valence-electron chi connectivity index (χ4n) is 1.33. The molecule has 0 radical (unpaired) electrons. The normalized spacial score (nSPS) is 11.1. The average Bonchev–Trinajstić information content (AvgIpc) is 2.34. The molecule has 0 aliphatic heterocycles. The molecule has 0 aromatic carbocycles. The minimum absolute atomic E-state index is 0.0484. The van der Waals surface area contributed by atoms with E-state index in [9.17, 15) is 9.59 Å². The molecule has 6 heteroatoms. The lowest BCUT2D eigenvalue weighted by atomic mass is 10.2. The van der Waals surface area contributed by atoms with E-state index in [2.05, 4.69) is 10.3 Å². The highest BCUT2D eigenvalue weighted by molar-refractivity contribution is 5.68. The highest BCUT2D eigenvalue weighted by Gasteiger charge is 2.14. The van der Waals surface area contributed by atoms with E-state index in [1.54, 1.807) is 39.0 Å². The Morgan fingerprint density at radius 3 is 2.85 bits per heavy atom. The van der Waals surface area contributed by atoms with E-state index in [0.29, 0.717) is 5.56 Å². The summed E-state index contributed by atoms with van der Waals surface area (Å²) in [6, 6.07) is 3.28. The summed E-state index contributed by atoms with van der Waals surface area (Å²) in [7, 11) is 0. The largest absolute Gasteiger partial charge is 0.444 e. The molecule has 0 saturated heterocycles. The first-order valence-electron chi connectivity index (χ1n) is 6.08. The number of nitrogens with one attached hydrogen (secondary N) is 2. The minimum Gasteiger partial charge on any atom is -0.444 e. The Kier molecular flexibility index (Phi) is 5.09. The van der Waals surface area contributed by atoms with Crippen LogP contribution in [0.15, 0.2) is 23.1 Å².